The highest BCUT2D eigenvalue weighted by atomic mass is 16.5. The van der Waals surface area contributed by atoms with E-state index in [9.17, 15) is 0 Å². The van der Waals surface area contributed by atoms with Gasteiger partial charge in [-0.15, -0.1) is 0 Å². The Morgan fingerprint density at radius 1 is 1.41 bits per heavy atom. The summed E-state index contributed by atoms with van der Waals surface area (Å²) in [5, 5.41) is 0. The highest BCUT2D eigenvalue weighted by Crippen LogP contribution is 2.28. The fraction of sp³-hybridized carbons (Fsp3) is 0.571. The molecule has 2 rings (SSSR count). The van der Waals surface area contributed by atoms with Gasteiger partial charge in [0, 0.05) is 24.5 Å². The van der Waals surface area contributed by atoms with Crippen LogP contribution < -0.4 is 10.6 Å². The van der Waals surface area contributed by atoms with E-state index in [1.807, 2.05) is 6.07 Å². The Hall–Kier alpha value is -1.22. The first-order chi connectivity index (χ1) is 8.16. The maximum atomic E-state index is 5.82. The van der Waals surface area contributed by atoms with Gasteiger partial charge in [-0.3, -0.25) is 0 Å². The Morgan fingerprint density at radius 2 is 2.24 bits per heavy atom. The maximum absolute atomic E-state index is 5.82. The number of ether oxygens (including phenoxy) is 1. The van der Waals surface area contributed by atoms with Crippen LogP contribution >= 0.6 is 0 Å². The smallest absolute Gasteiger partial charge is 0.0645 e. The van der Waals surface area contributed by atoms with Crippen LogP contribution in [0.2, 0.25) is 0 Å². The normalized spacial score (nSPS) is 15.1. The molecule has 1 aliphatic rings. The standard InChI is InChI=1S/C14H22N2O/c1-11(2)17-9-8-16-7-3-4-12-10-13(15)5-6-14(12)16/h5-6,10-11H,3-4,7-9,15H2,1-2H3. The van der Waals surface area contributed by atoms with Gasteiger partial charge >= 0.3 is 0 Å². The molecule has 0 aliphatic carbocycles. The van der Waals surface area contributed by atoms with E-state index in [2.05, 4.69) is 30.9 Å². The second kappa shape index (κ2) is 5.41. The minimum atomic E-state index is 0.311. The van der Waals surface area contributed by atoms with Crippen molar-refractivity contribution in [2.75, 3.05) is 30.3 Å². The van der Waals surface area contributed by atoms with Gasteiger partial charge < -0.3 is 15.4 Å². The Balaban J connectivity index is 2.02. The minimum Gasteiger partial charge on any atom is -0.399 e. The second-order valence-corrected chi connectivity index (χ2v) is 4.90. The molecule has 94 valence electrons. The number of hydrogen-bond donors (Lipinski definition) is 1. The Kier molecular flexibility index (Phi) is 3.89. The SMILES string of the molecule is CC(C)OCCN1CCCc2cc(N)ccc21. The van der Waals surface area contributed by atoms with Crippen LogP contribution in [0.25, 0.3) is 0 Å². The first-order valence-electron chi connectivity index (χ1n) is 6.42. The molecule has 0 amide bonds. The van der Waals surface area contributed by atoms with Crippen LogP contribution in [0.15, 0.2) is 18.2 Å². The summed E-state index contributed by atoms with van der Waals surface area (Å²) in [6, 6.07) is 6.23. The van der Waals surface area contributed by atoms with E-state index in [1.165, 1.54) is 17.7 Å². The Bertz CT molecular complexity index is 376. The number of nitrogens with zero attached hydrogens (tertiary/aromatic N) is 1. The van der Waals surface area contributed by atoms with Crippen molar-refractivity contribution in [2.45, 2.75) is 32.8 Å². The molecule has 0 saturated heterocycles. The summed E-state index contributed by atoms with van der Waals surface area (Å²) < 4.78 is 5.62. The summed E-state index contributed by atoms with van der Waals surface area (Å²) >= 11 is 0. The first kappa shape index (κ1) is 12.2. The lowest BCUT2D eigenvalue weighted by molar-refractivity contribution is 0.0839. The number of aryl methyl sites for hydroxylation is 1. The first-order valence-corrected chi connectivity index (χ1v) is 6.42. The predicted octanol–water partition coefficient (Wildman–Crippen LogP) is 2.45. The molecule has 0 saturated carbocycles. The zero-order valence-electron chi connectivity index (χ0n) is 10.8. The number of anilines is 2. The Morgan fingerprint density at radius 3 is 3.00 bits per heavy atom. The summed E-state index contributed by atoms with van der Waals surface area (Å²) in [7, 11) is 0. The highest BCUT2D eigenvalue weighted by molar-refractivity contribution is 5.61. The van der Waals surface area contributed by atoms with E-state index in [0.29, 0.717) is 6.10 Å². The summed E-state index contributed by atoms with van der Waals surface area (Å²) in [6.07, 6.45) is 2.66. The molecule has 1 aromatic rings. The molecule has 0 radical (unpaired) electrons. The second-order valence-electron chi connectivity index (χ2n) is 4.90. The molecule has 1 aromatic carbocycles. The van der Waals surface area contributed by atoms with Gasteiger partial charge in [0.05, 0.1) is 12.7 Å². The minimum absolute atomic E-state index is 0.311. The van der Waals surface area contributed by atoms with Crippen molar-refractivity contribution >= 4 is 11.4 Å². The third-order valence-electron chi connectivity index (χ3n) is 3.13. The average Bonchev–Trinajstić information content (AvgIpc) is 2.28. The lowest BCUT2D eigenvalue weighted by atomic mass is 10.0. The number of fused-ring (bicyclic) bond motifs is 1. The molecule has 0 unspecified atom stereocenters. The lowest BCUT2D eigenvalue weighted by Crippen LogP contribution is -2.33. The lowest BCUT2D eigenvalue weighted by Gasteiger charge is -2.31. The average molecular weight is 234 g/mol. The van der Waals surface area contributed by atoms with Crippen LogP contribution in [-0.2, 0) is 11.2 Å². The number of nitrogens with two attached hydrogens (primary N) is 1. The van der Waals surface area contributed by atoms with Gasteiger partial charge in [-0.05, 0) is 50.5 Å². The van der Waals surface area contributed by atoms with Crippen LogP contribution in [0, 0.1) is 0 Å². The fourth-order valence-electron chi connectivity index (χ4n) is 2.33. The number of hydrogen-bond acceptors (Lipinski definition) is 3. The molecule has 3 heteroatoms. The largest absolute Gasteiger partial charge is 0.399 e. The van der Waals surface area contributed by atoms with Crippen molar-refractivity contribution < 1.29 is 4.74 Å². The molecule has 0 aromatic heterocycles. The van der Waals surface area contributed by atoms with Crippen molar-refractivity contribution in [1.82, 2.24) is 0 Å². The van der Waals surface area contributed by atoms with Gasteiger partial charge in [-0.2, -0.15) is 0 Å². The van der Waals surface area contributed by atoms with Crippen LogP contribution in [0.1, 0.15) is 25.8 Å². The van der Waals surface area contributed by atoms with Crippen LogP contribution in [0.3, 0.4) is 0 Å². The van der Waals surface area contributed by atoms with Gasteiger partial charge in [0.2, 0.25) is 0 Å². The summed E-state index contributed by atoms with van der Waals surface area (Å²) in [6.45, 7) is 7.03. The number of rotatable bonds is 4. The molecule has 2 N–H and O–H groups in total. The highest BCUT2D eigenvalue weighted by Gasteiger charge is 2.16. The molecular formula is C14H22N2O. The monoisotopic (exact) mass is 234 g/mol. The van der Waals surface area contributed by atoms with Crippen molar-refractivity contribution in [2.24, 2.45) is 0 Å². The van der Waals surface area contributed by atoms with E-state index >= 15 is 0 Å². The molecule has 0 bridgehead atoms. The quantitative estimate of drug-likeness (QED) is 0.813. The van der Waals surface area contributed by atoms with Crippen LogP contribution in [0.5, 0.6) is 0 Å². The zero-order chi connectivity index (χ0) is 12.3. The molecule has 17 heavy (non-hydrogen) atoms. The molecular weight excluding hydrogens is 212 g/mol. The molecule has 0 fully saturated rings. The van der Waals surface area contributed by atoms with Crippen molar-refractivity contribution in [3.05, 3.63) is 23.8 Å². The van der Waals surface area contributed by atoms with Gasteiger partial charge in [0.1, 0.15) is 0 Å². The van der Waals surface area contributed by atoms with Gasteiger partial charge in [-0.1, -0.05) is 0 Å². The summed E-state index contributed by atoms with van der Waals surface area (Å²) in [5.74, 6) is 0. The fourth-order valence-corrected chi connectivity index (χ4v) is 2.33. The van der Waals surface area contributed by atoms with E-state index in [4.69, 9.17) is 10.5 Å². The van der Waals surface area contributed by atoms with Gasteiger partial charge in [0.25, 0.3) is 0 Å². The van der Waals surface area contributed by atoms with Crippen molar-refractivity contribution in [1.29, 1.82) is 0 Å². The third kappa shape index (κ3) is 3.13. The maximum Gasteiger partial charge on any atom is 0.0645 e. The number of nitrogen functional groups attached to an aromatic ring is 1. The van der Waals surface area contributed by atoms with Gasteiger partial charge in [0.15, 0.2) is 0 Å². The molecule has 0 atom stereocenters. The van der Waals surface area contributed by atoms with E-state index in [0.717, 1.165) is 31.8 Å². The third-order valence-corrected chi connectivity index (χ3v) is 3.13. The Labute approximate surface area is 104 Å². The summed E-state index contributed by atoms with van der Waals surface area (Å²) in [5.41, 5.74) is 9.40. The van der Waals surface area contributed by atoms with Crippen LogP contribution in [-0.4, -0.2) is 25.8 Å². The van der Waals surface area contributed by atoms with Crippen molar-refractivity contribution in [3.63, 3.8) is 0 Å². The molecule has 3 nitrogen and oxygen atoms in total. The van der Waals surface area contributed by atoms with E-state index < -0.39 is 0 Å². The topological polar surface area (TPSA) is 38.5 Å². The summed E-state index contributed by atoms with van der Waals surface area (Å²) in [4.78, 5) is 2.40. The number of benzene rings is 1. The predicted molar refractivity (Wildman–Crippen MR) is 72.5 cm³/mol. The van der Waals surface area contributed by atoms with E-state index in [1.54, 1.807) is 0 Å². The van der Waals surface area contributed by atoms with E-state index in [-0.39, 0.29) is 0 Å². The van der Waals surface area contributed by atoms with Gasteiger partial charge in [-0.25, -0.2) is 0 Å². The van der Waals surface area contributed by atoms with Crippen LogP contribution in [0.4, 0.5) is 11.4 Å². The zero-order valence-corrected chi connectivity index (χ0v) is 10.8. The molecule has 1 heterocycles. The molecule has 0 spiro atoms. The molecule has 1 aliphatic heterocycles. The van der Waals surface area contributed by atoms with Crippen molar-refractivity contribution in [3.8, 4) is 0 Å².